The summed E-state index contributed by atoms with van der Waals surface area (Å²) >= 11 is 0. The number of aryl methyl sites for hydroxylation is 1. The van der Waals surface area contributed by atoms with E-state index in [1.165, 1.54) is 0 Å². The third kappa shape index (κ3) is 5.01. The number of hydrogen-bond donors (Lipinski definition) is 2. The van der Waals surface area contributed by atoms with Crippen LogP contribution >= 0.6 is 0 Å². The van der Waals surface area contributed by atoms with Gasteiger partial charge >= 0.3 is 6.09 Å². The Hall–Kier alpha value is -4.12. The van der Waals surface area contributed by atoms with Gasteiger partial charge in [-0.25, -0.2) is 4.79 Å². The molecule has 0 bridgehead atoms. The van der Waals surface area contributed by atoms with Gasteiger partial charge in [-0.2, -0.15) is 14.6 Å². The number of carbonyl (C=O) groups excluding carboxylic acids is 1. The summed E-state index contributed by atoms with van der Waals surface area (Å²) in [6, 6.07) is 13.8. The minimum absolute atomic E-state index is 0.0351. The van der Waals surface area contributed by atoms with Gasteiger partial charge in [0.15, 0.2) is 5.65 Å². The predicted octanol–water partition coefficient (Wildman–Crippen LogP) is 3.48. The number of rotatable bonds is 6. The van der Waals surface area contributed by atoms with E-state index in [-0.39, 0.29) is 18.7 Å². The molecule has 0 spiro atoms. The van der Waals surface area contributed by atoms with E-state index in [0.717, 1.165) is 59.8 Å². The number of piperidine rings is 1. The topological polar surface area (TPSA) is 113 Å². The van der Waals surface area contributed by atoms with Gasteiger partial charge in [0.2, 0.25) is 5.95 Å². The summed E-state index contributed by atoms with van der Waals surface area (Å²) in [5.74, 6) is 1.52. The van der Waals surface area contributed by atoms with Crippen molar-refractivity contribution in [3.05, 3.63) is 59.9 Å². The fourth-order valence-corrected chi connectivity index (χ4v) is 5.17. The quantitative estimate of drug-likeness (QED) is 0.401. The van der Waals surface area contributed by atoms with Gasteiger partial charge in [-0.15, -0.1) is 5.10 Å². The Morgan fingerprint density at radius 1 is 1.13 bits per heavy atom. The lowest BCUT2D eigenvalue weighted by Gasteiger charge is -2.32. The number of aromatic nitrogens is 5. The smallest absolute Gasteiger partial charge is 0.410 e. The Morgan fingerprint density at radius 2 is 1.97 bits per heavy atom. The highest BCUT2D eigenvalue weighted by molar-refractivity contribution is 5.79. The summed E-state index contributed by atoms with van der Waals surface area (Å²) in [7, 11) is 0. The lowest BCUT2D eigenvalue weighted by Crippen LogP contribution is -2.45. The molecule has 2 saturated heterocycles. The SMILES string of the molecule is Cc1n[nH]cc1-c1ccc2nc(NC3CCCN(C(=O)OCc4ccccc4)C3)nn2c1N1CCOCC1. The van der Waals surface area contributed by atoms with E-state index in [9.17, 15) is 4.79 Å². The van der Waals surface area contributed by atoms with E-state index in [2.05, 4.69) is 26.5 Å². The summed E-state index contributed by atoms with van der Waals surface area (Å²) in [5.41, 5.74) is 4.75. The number of pyridine rings is 1. The molecule has 1 atom stereocenters. The van der Waals surface area contributed by atoms with Crippen LogP contribution in [0.4, 0.5) is 16.6 Å². The Labute approximate surface area is 220 Å². The van der Waals surface area contributed by atoms with Crippen molar-refractivity contribution < 1.29 is 14.3 Å². The molecule has 6 rings (SSSR count). The summed E-state index contributed by atoms with van der Waals surface area (Å²) in [6.07, 6.45) is 3.43. The highest BCUT2D eigenvalue weighted by Gasteiger charge is 2.27. The number of nitrogens with zero attached hydrogens (tertiary/aromatic N) is 6. The van der Waals surface area contributed by atoms with Crippen molar-refractivity contribution in [2.75, 3.05) is 49.6 Å². The van der Waals surface area contributed by atoms with E-state index in [1.807, 2.05) is 54.0 Å². The number of hydrogen-bond acceptors (Lipinski definition) is 8. The van der Waals surface area contributed by atoms with Crippen molar-refractivity contribution in [1.82, 2.24) is 29.7 Å². The number of amides is 1. The van der Waals surface area contributed by atoms with Crippen LogP contribution in [-0.4, -0.2) is 81.2 Å². The Balaban J connectivity index is 1.20. The minimum atomic E-state index is -0.293. The summed E-state index contributed by atoms with van der Waals surface area (Å²) < 4.78 is 13.1. The second kappa shape index (κ2) is 10.7. The molecule has 1 unspecified atom stereocenters. The summed E-state index contributed by atoms with van der Waals surface area (Å²) in [4.78, 5) is 21.6. The molecule has 2 aliphatic rings. The second-order valence-corrected chi connectivity index (χ2v) is 9.73. The number of H-pyrrole nitrogens is 1. The number of ether oxygens (including phenoxy) is 2. The van der Waals surface area contributed by atoms with Crippen LogP contribution < -0.4 is 10.2 Å². The van der Waals surface area contributed by atoms with Gasteiger partial charge in [0, 0.05) is 49.5 Å². The van der Waals surface area contributed by atoms with Crippen LogP contribution in [0.2, 0.25) is 0 Å². The molecule has 38 heavy (non-hydrogen) atoms. The first kappa shape index (κ1) is 24.2. The molecule has 1 amide bonds. The van der Waals surface area contributed by atoms with Crippen LogP contribution in [0, 0.1) is 6.92 Å². The van der Waals surface area contributed by atoms with Gasteiger partial charge in [0.1, 0.15) is 12.4 Å². The maximum Gasteiger partial charge on any atom is 0.410 e. The lowest BCUT2D eigenvalue weighted by atomic mass is 10.1. The number of aromatic amines is 1. The largest absolute Gasteiger partial charge is 0.445 e. The van der Waals surface area contributed by atoms with E-state index in [4.69, 9.17) is 19.6 Å². The molecule has 2 N–H and O–H groups in total. The second-order valence-electron chi connectivity index (χ2n) is 9.73. The zero-order valence-corrected chi connectivity index (χ0v) is 21.5. The van der Waals surface area contributed by atoms with Crippen LogP contribution in [0.25, 0.3) is 16.8 Å². The molecule has 1 aromatic carbocycles. The Kier molecular flexibility index (Phi) is 6.82. The fourth-order valence-electron chi connectivity index (χ4n) is 5.17. The molecular formula is C27H32N8O3. The normalized spacial score (nSPS) is 18.1. The van der Waals surface area contributed by atoms with E-state index >= 15 is 0 Å². The van der Waals surface area contributed by atoms with Crippen molar-refractivity contribution in [1.29, 1.82) is 0 Å². The monoisotopic (exact) mass is 516 g/mol. The average Bonchev–Trinajstić information content (AvgIpc) is 3.57. The number of morpholine rings is 1. The molecule has 5 heterocycles. The van der Waals surface area contributed by atoms with Crippen molar-refractivity contribution >= 4 is 23.5 Å². The van der Waals surface area contributed by atoms with Gasteiger partial charge in [-0.05, 0) is 37.5 Å². The molecule has 0 radical (unpaired) electrons. The first-order valence-electron chi connectivity index (χ1n) is 13.1. The molecular weight excluding hydrogens is 484 g/mol. The molecule has 2 fully saturated rings. The first-order chi connectivity index (χ1) is 18.7. The third-order valence-electron chi connectivity index (χ3n) is 7.12. The van der Waals surface area contributed by atoms with Crippen LogP contribution in [0.3, 0.4) is 0 Å². The van der Waals surface area contributed by atoms with Crippen molar-refractivity contribution in [3.63, 3.8) is 0 Å². The van der Waals surface area contributed by atoms with E-state index in [0.29, 0.717) is 32.3 Å². The van der Waals surface area contributed by atoms with E-state index in [1.54, 1.807) is 4.90 Å². The van der Waals surface area contributed by atoms with Crippen LogP contribution in [0.5, 0.6) is 0 Å². The number of likely N-dealkylation sites (tertiary alicyclic amines) is 1. The summed E-state index contributed by atoms with van der Waals surface area (Å²) in [5, 5.41) is 15.6. The Morgan fingerprint density at radius 3 is 2.76 bits per heavy atom. The molecule has 2 aliphatic heterocycles. The van der Waals surface area contributed by atoms with Gasteiger partial charge in [-0.3, -0.25) is 5.10 Å². The number of nitrogens with one attached hydrogen (secondary N) is 2. The first-order valence-corrected chi connectivity index (χ1v) is 13.1. The van der Waals surface area contributed by atoms with Crippen molar-refractivity contribution in [2.24, 2.45) is 0 Å². The number of carbonyl (C=O) groups is 1. The molecule has 0 saturated carbocycles. The van der Waals surface area contributed by atoms with Gasteiger partial charge in [0.25, 0.3) is 0 Å². The zero-order valence-electron chi connectivity index (χ0n) is 21.5. The maximum atomic E-state index is 12.7. The maximum absolute atomic E-state index is 12.7. The predicted molar refractivity (Wildman–Crippen MR) is 143 cm³/mol. The van der Waals surface area contributed by atoms with Crippen molar-refractivity contribution in [3.8, 4) is 11.1 Å². The van der Waals surface area contributed by atoms with Crippen LogP contribution in [0.1, 0.15) is 24.1 Å². The molecule has 0 aliphatic carbocycles. The average molecular weight is 517 g/mol. The summed E-state index contributed by atoms with van der Waals surface area (Å²) in [6.45, 7) is 6.36. The van der Waals surface area contributed by atoms with Crippen LogP contribution in [-0.2, 0) is 16.1 Å². The van der Waals surface area contributed by atoms with E-state index < -0.39 is 0 Å². The number of benzene rings is 1. The third-order valence-corrected chi connectivity index (χ3v) is 7.12. The number of fused-ring (bicyclic) bond motifs is 1. The van der Waals surface area contributed by atoms with Crippen molar-refractivity contribution in [2.45, 2.75) is 32.4 Å². The van der Waals surface area contributed by atoms with Gasteiger partial charge < -0.3 is 24.6 Å². The van der Waals surface area contributed by atoms with Gasteiger partial charge in [0.05, 0.1) is 18.9 Å². The minimum Gasteiger partial charge on any atom is -0.445 e. The zero-order chi connectivity index (χ0) is 25.9. The fraction of sp³-hybridized carbons (Fsp3) is 0.407. The van der Waals surface area contributed by atoms with Crippen LogP contribution in [0.15, 0.2) is 48.7 Å². The van der Waals surface area contributed by atoms with Gasteiger partial charge in [-0.1, -0.05) is 30.3 Å². The molecule has 11 heteroatoms. The highest BCUT2D eigenvalue weighted by atomic mass is 16.6. The molecule has 198 valence electrons. The Bertz CT molecular complexity index is 1400. The molecule has 3 aromatic heterocycles. The standard InChI is InChI=1S/C27H32N8O3/c1-19-23(16-28-31-19)22-9-10-24-30-26(32-35(24)25(22)33-12-14-37-15-13-33)29-21-8-5-11-34(17-21)27(36)38-18-20-6-3-2-4-7-20/h2-4,6-7,9-10,16,21H,5,8,11-15,17-18H2,1H3,(H,28,31)(H,29,32). The molecule has 4 aromatic rings. The lowest BCUT2D eigenvalue weighted by molar-refractivity contribution is 0.0874. The highest BCUT2D eigenvalue weighted by Crippen LogP contribution is 2.33. The number of anilines is 2. The molecule has 11 nitrogen and oxygen atoms in total.